The number of aromatic nitrogens is 2. The summed E-state index contributed by atoms with van der Waals surface area (Å²) in [5.41, 5.74) is 5.35. The van der Waals surface area contributed by atoms with Gasteiger partial charge in [0.2, 0.25) is 11.9 Å². The fourth-order valence-electron chi connectivity index (χ4n) is 4.92. The van der Waals surface area contributed by atoms with Crippen LogP contribution in [0.3, 0.4) is 0 Å². The van der Waals surface area contributed by atoms with Gasteiger partial charge >= 0.3 is 6.18 Å². The molecule has 41 heavy (non-hydrogen) atoms. The van der Waals surface area contributed by atoms with Crippen molar-refractivity contribution in [3.8, 4) is 11.3 Å². The number of hydrogen-bond donors (Lipinski definition) is 2. The second-order valence-electron chi connectivity index (χ2n) is 10.0. The average Bonchev–Trinajstić information content (AvgIpc) is 2.94. The summed E-state index contributed by atoms with van der Waals surface area (Å²) in [6.07, 6.45) is -3.43. The number of hydrogen-bond acceptors (Lipinski definition) is 6. The molecule has 10 heteroatoms. The zero-order valence-electron chi connectivity index (χ0n) is 22.7. The summed E-state index contributed by atoms with van der Waals surface area (Å²) in [6, 6.07) is 24.1. The van der Waals surface area contributed by atoms with Gasteiger partial charge in [-0.2, -0.15) is 13.2 Å². The summed E-state index contributed by atoms with van der Waals surface area (Å²) < 4.78 is 39.0. The molecular weight excluding hydrogens is 529 g/mol. The number of halogens is 3. The topological polar surface area (TPSA) is 73.4 Å². The highest BCUT2D eigenvalue weighted by Crippen LogP contribution is 2.27. The first-order chi connectivity index (χ1) is 19.7. The second kappa shape index (κ2) is 12.4. The largest absolute Gasteiger partial charge is 0.393 e. The molecule has 0 spiro atoms. The number of anilines is 4. The average molecular weight is 561 g/mol. The molecule has 1 fully saturated rings. The van der Waals surface area contributed by atoms with E-state index in [-0.39, 0.29) is 5.91 Å². The minimum Gasteiger partial charge on any atom is -0.369 e. The third-order valence-corrected chi connectivity index (χ3v) is 6.90. The lowest BCUT2D eigenvalue weighted by Crippen LogP contribution is -2.46. The summed E-state index contributed by atoms with van der Waals surface area (Å²) in [5.74, 6) is 0.342. The Kier molecular flexibility index (Phi) is 8.49. The number of piperazine rings is 1. The molecule has 0 bridgehead atoms. The monoisotopic (exact) mass is 560 g/mol. The van der Waals surface area contributed by atoms with Gasteiger partial charge in [-0.05, 0) is 47.5 Å². The van der Waals surface area contributed by atoms with Crippen molar-refractivity contribution in [1.82, 2.24) is 14.9 Å². The molecule has 1 aliphatic rings. The Hall–Kier alpha value is -4.44. The Morgan fingerprint density at radius 3 is 2.32 bits per heavy atom. The number of nitrogens with zero attached hydrogens (tertiary/aromatic N) is 4. The van der Waals surface area contributed by atoms with Gasteiger partial charge in [-0.25, -0.2) is 9.97 Å². The first-order valence-corrected chi connectivity index (χ1v) is 13.4. The number of rotatable bonds is 8. The maximum Gasteiger partial charge on any atom is 0.393 e. The predicted octanol–water partition coefficient (Wildman–Crippen LogP) is 6.27. The van der Waals surface area contributed by atoms with Crippen molar-refractivity contribution in [2.75, 3.05) is 41.7 Å². The molecule has 0 saturated carbocycles. The summed E-state index contributed by atoms with van der Waals surface area (Å²) in [6.45, 7) is 5.02. The number of carbonyl (C=O) groups is 1. The van der Waals surface area contributed by atoms with E-state index in [1.807, 2.05) is 54.6 Å². The zero-order chi connectivity index (χ0) is 28.8. The van der Waals surface area contributed by atoms with Crippen LogP contribution >= 0.6 is 0 Å². The number of carbonyl (C=O) groups excluding carboxylic acids is 1. The first kappa shape index (κ1) is 28.1. The van der Waals surface area contributed by atoms with Crippen molar-refractivity contribution in [2.45, 2.75) is 26.1 Å². The molecule has 7 nitrogen and oxygen atoms in total. The normalized spacial score (nSPS) is 14.1. The van der Waals surface area contributed by atoms with Crippen molar-refractivity contribution in [1.29, 1.82) is 0 Å². The van der Waals surface area contributed by atoms with Crippen LogP contribution in [-0.4, -0.2) is 53.1 Å². The lowest BCUT2D eigenvalue weighted by Gasteiger charge is -2.36. The molecule has 5 rings (SSSR count). The van der Waals surface area contributed by atoms with Gasteiger partial charge in [-0.3, -0.25) is 9.69 Å². The Balaban J connectivity index is 1.20. The van der Waals surface area contributed by atoms with E-state index in [1.165, 1.54) is 6.92 Å². The van der Waals surface area contributed by atoms with Crippen LogP contribution in [0.2, 0.25) is 0 Å². The van der Waals surface area contributed by atoms with E-state index >= 15 is 0 Å². The fraction of sp³-hybridized carbons (Fsp3) is 0.258. The van der Waals surface area contributed by atoms with Crippen molar-refractivity contribution < 1.29 is 18.0 Å². The summed E-state index contributed by atoms with van der Waals surface area (Å²) in [5, 5.41) is 6.04. The van der Waals surface area contributed by atoms with E-state index in [9.17, 15) is 18.0 Å². The quantitative estimate of drug-likeness (QED) is 0.265. The Morgan fingerprint density at radius 1 is 0.878 bits per heavy atom. The van der Waals surface area contributed by atoms with Gasteiger partial charge in [0.15, 0.2) is 0 Å². The van der Waals surface area contributed by atoms with Crippen molar-refractivity contribution in [3.63, 3.8) is 0 Å². The second-order valence-corrected chi connectivity index (χ2v) is 10.0. The SMILES string of the molecule is CC(=O)Nc1ccc(-c2ccnc(Nc3cccc(N4CCN(Cc5ccccc5CC(F)(F)F)CC4)c3)n2)cc1. The maximum absolute atomic E-state index is 13.0. The molecule has 0 atom stereocenters. The molecule has 4 aromatic rings. The molecular formula is C31H31F3N6O. The third kappa shape index (κ3) is 7.82. The van der Waals surface area contributed by atoms with E-state index in [0.717, 1.165) is 60.1 Å². The van der Waals surface area contributed by atoms with Gasteiger partial charge < -0.3 is 15.5 Å². The van der Waals surface area contributed by atoms with Crippen LogP contribution in [0.4, 0.5) is 36.2 Å². The molecule has 1 saturated heterocycles. The lowest BCUT2D eigenvalue weighted by atomic mass is 10.0. The molecule has 0 aliphatic carbocycles. The Bertz CT molecular complexity index is 1480. The van der Waals surface area contributed by atoms with Gasteiger partial charge in [0, 0.05) is 68.5 Å². The van der Waals surface area contributed by atoms with Gasteiger partial charge in [-0.1, -0.05) is 42.5 Å². The third-order valence-electron chi connectivity index (χ3n) is 6.90. The number of benzene rings is 3. The number of amides is 1. The maximum atomic E-state index is 13.0. The summed E-state index contributed by atoms with van der Waals surface area (Å²) in [7, 11) is 0. The summed E-state index contributed by atoms with van der Waals surface area (Å²) in [4.78, 5) is 24.8. The standard InChI is InChI=1S/C31H31F3N6O/c1-22(41)36-26-11-9-23(10-12-26)29-13-14-35-30(38-29)37-27-7-4-8-28(19-27)40-17-15-39(16-18-40)21-25-6-3-2-5-24(25)20-31(32,33)34/h2-14,19H,15-18,20-21H2,1H3,(H,36,41)(H,35,37,38). The van der Waals surface area contributed by atoms with Crippen LogP contribution in [0.5, 0.6) is 0 Å². The molecule has 0 unspecified atom stereocenters. The van der Waals surface area contributed by atoms with Gasteiger partial charge in [0.05, 0.1) is 12.1 Å². The minimum atomic E-state index is -4.22. The smallest absolute Gasteiger partial charge is 0.369 e. The molecule has 1 aromatic heterocycles. The van der Waals surface area contributed by atoms with Crippen molar-refractivity contribution in [2.24, 2.45) is 0 Å². The molecule has 2 N–H and O–H groups in total. The molecule has 3 aromatic carbocycles. The number of nitrogens with one attached hydrogen (secondary N) is 2. The van der Waals surface area contributed by atoms with Crippen LogP contribution in [0, 0.1) is 0 Å². The fourth-order valence-corrected chi connectivity index (χ4v) is 4.92. The molecule has 212 valence electrons. The van der Waals surface area contributed by atoms with Crippen molar-refractivity contribution >= 4 is 28.9 Å². The highest BCUT2D eigenvalue weighted by molar-refractivity contribution is 5.88. The molecule has 1 amide bonds. The summed E-state index contributed by atoms with van der Waals surface area (Å²) >= 11 is 0. The molecule has 2 heterocycles. The Labute approximate surface area is 237 Å². The number of alkyl halides is 3. The van der Waals surface area contributed by atoms with E-state index in [4.69, 9.17) is 0 Å². The van der Waals surface area contributed by atoms with Gasteiger partial charge in [0.1, 0.15) is 0 Å². The molecule has 0 radical (unpaired) electrons. The van der Waals surface area contributed by atoms with E-state index in [1.54, 1.807) is 30.5 Å². The van der Waals surface area contributed by atoms with E-state index in [2.05, 4.69) is 30.4 Å². The lowest BCUT2D eigenvalue weighted by molar-refractivity contribution is -0.127. The van der Waals surface area contributed by atoms with Crippen LogP contribution in [0.15, 0.2) is 85.1 Å². The molecule has 1 aliphatic heterocycles. The minimum absolute atomic E-state index is 0.124. The first-order valence-electron chi connectivity index (χ1n) is 13.4. The Morgan fingerprint density at radius 2 is 1.61 bits per heavy atom. The van der Waals surface area contributed by atoms with Crippen LogP contribution in [0.1, 0.15) is 18.1 Å². The van der Waals surface area contributed by atoms with Gasteiger partial charge in [0.25, 0.3) is 0 Å². The highest BCUT2D eigenvalue weighted by Gasteiger charge is 2.29. The van der Waals surface area contributed by atoms with E-state index < -0.39 is 12.6 Å². The predicted molar refractivity (Wildman–Crippen MR) is 155 cm³/mol. The highest BCUT2D eigenvalue weighted by atomic mass is 19.4. The van der Waals surface area contributed by atoms with Crippen molar-refractivity contribution in [3.05, 3.63) is 96.2 Å². The van der Waals surface area contributed by atoms with E-state index in [0.29, 0.717) is 18.1 Å². The van der Waals surface area contributed by atoms with Crippen LogP contribution in [0.25, 0.3) is 11.3 Å². The van der Waals surface area contributed by atoms with Crippen LogP contribution in [-0.2, 0) is 17.8 Å². The van der Waals surface area contributed by atoms with Crippen LogP contribution < -0.4 is 15.5 Å². The zero-order valence-corrected chi connectivity index (χ0v) is 22.7. The van der Waals surface area contributed by atoms with Gasteiger partial charge in [-0.15, -0.1) is 0 Å².